The van der Waals surface area contributed by atoms with E-state index in [0.717, 1.165) is 0 Å². The number of aliphatic carboxylic acids is 1. The van der Waals surface area contributed by atoms with Gasteiger partial charge in [0.1, 0.15) is 6.61 Å². The highest BCUT2D eigenvalue weighted by Crippen LogP contribution is 2.26. The lowest BCUT2D eigenvalue weighted by Crippen LogP contribution is -2.56. The summed E-state index contributed by atoms with van der Waals surface area (Å²) in [6.45, 7) is 3.35. The van der Waals surface area contributed by atoms with Crippen LogP contribution in [0.25, 0.3) is 0 Å². The van der Waals surface area contributed by atoms with Crippen LogP contribution in [-0.2, 0) is 19.4 Å². The molecule has 0 bridgehead atoms. The first-order chi connectivity index (χ1) is 8.79. The van der Waals surface area contributed by atoms with E-state index in [0.29, 0.717) is 12.8 Å². The average molecular weight is 291 g/mol. The molecule has 0 spiro atoms. The molecule has 0 saturated carbocycles. The number of sulfone groups is 1. The van der Waals surface area contributed by atoms with E-state index < -0.39 is 33.9 Å². The molecule has 8 heteroatoms. The molecular weight excluding hydrogens is 274 g/mol. The Morgan fingerprint density at radius 2 is 2.16 bits per heavy atom. The Morgan fingerprint density at radius 3 is 2.68 bits per heavy atom. The second-order valence-electron chi connectivity index (χ2n) is 4.56. The standard InChI is InChI=1S/C11H17NO6S/c1-2-5-18-10(15)12-11(7-9(13)14)4-3-6-19(16,17)8-11/h2H,1,3-8H2,(H,12,15)(H,13,14). The maximum absolute atomic E-state index is 11.6. The number of carboxylic acids is 1. The van der Waals surface area contributed by atoms with E-state index >= 15 is 0 Å². The smallest absolute Gasteiger partial charge is 0.407 e. The van der Waals surface area contributed by atoms with Crippen molar-refractivity contribution in [2.45, 2.75) is 24.8 Å². The second kappa shape index (κ2) is 6.05. The predicted octanol–water partition coefficient (Wildman–Crippen LogP) is 0.321. The monoisotopic (exact) mass is 291 g/mol. The van der Waals surface area contributed by atoms with Crippen molar-refractivity contribution in [3.8, 4) is 0 Å². The predicted molar refractivity (Wildman–Crippen MR) is 67.6 cm³/mol. The van der Waals surface area contributed by atoms with Crippen molar-refractivity contribution in [3.63, 3.8) is 0 Å². The summed E-state index contributed by atoms with van der Waals surface area (Å²) in [6, 6.07) is 0. The number of rotatable bonds is 5. The first-order valence-electron chi connectivity index (χ1n) is 5.77. The Kier molecular flexibility index (Phi) is 4.93. The van der Waals surface area contributed by atoms with Crippen molar-refractivity contribution in [1.29, 1.82) is 0 Å². The second-order valence-corrected chi connectivity index (χ2v) is 6.74. The number of ether oxygens (including phenoxy) is 1. The zero-order valence-electron chi connectivity index (χ0n) is 10.4. The van der Waals surface area contributed by atoms with Gasteiger partial charge in [0, 0.05) is 0 Å². The van der Waals surface area contributed by atoms with Crippen LogP contribution in [0.4, 0.5) is 4.79 Å². The third kappa shape index (κ3) is 4.90. The molecule has 1 saturated heterocycles. The number of hydrogen-bond donors (Lipinski definition) is 2. The largest absolute Gasteiger partial charge is 0.481 e. The number of alkyl carbamates (subject to hydrolysis) is 1. The van der Waals surface area contributed by atoms with Gasteiger partial charge in [0.15, 0.2) is 9.84 Å². The lowest BCUT2D eigenvalue weighted by atomic mass is 9.91. The minimum atomic E-state index is -3.36. The van der Waals surface area contributed by atoms with Crippen LogP contribution in [-0.4, -0.2) is 49.2 Å². The number of nitrogens with one attached hydrogen (secondary N) is 1. The normalized spacial score (nSPS) is 25.3. The molecule has 0 aliphatic carbocycles. The fraction of sp³-hybridized carbons (Fsp3) is 0.636. The lowest BCUT2D eigenvalue weighted by molar-refractivity contribution is -0.138. The van der Waals surface area contributed by atoms with Gasteiger partial charge in [-0.15, -0.1) is 0 Å². The highest BCUT2D eigenvalue weighted by atomic mass is 32.2. The molecule has 7 nitrogen and oxygen atoms in total. The Hall–Kier alpha value is -1.57. The fourth-order valence-corrected chi connectivity index (χ4v) is 4.04. The van der Waals surface area contributed by atoms with Crippen LogP contribution in [0.5, 0.6) is 0 Å². The number of hydrogen-bond acceptors (Lipinski definition) is 5. The molecule has 1 aliphatic rings. The summed E-state index contributed by atoms with van der Waals surface area (Å²) >= 11 is 0. The molecule has 1 fully saturated rings. The van der Waals surface area contributed by atoms with Gasteiger partial charge in [-0.05, 0) is 12.8 Å². The molecule has 1 rings (SSSR count). The van der Waals surface area contributed by atoms with Crippen LogP contribution in [0.15, 0.2) is 12.7 Å². The van der Waals surface area contributed by atoms with Gasteiger partial charge in [-0.3, -0.25) is 4.79 Å². The van der Waals surface area contributed by atoms with Crippen molar-refractivity contribution in [1.82, 2.24) is 5.32 Å². The van der Waals surface area contributed by atoms with Crippen molar-refractivity contribution in [3.05, 3.63) is 12.7 Å². The van der Waals surface area contributed by atoms with Gasteiger partial charge < -0.3 is 15.2 Å². The Bertz CT molecular complexity index is 472. The topological polar surface area (TPSA) is 110 Å². The summed E-state index contributed by atoms with van der Waals surface area (Å²) in [5.74, 6) is -1.53. The average Bonchev–Trinajstić information content (AvgIpc) is 2.23. The van der Waals surface area contributed by atoms with Gasteiger partial charge in [-0.2, -0.15) is 0 Å². The zero-order chi connectivity index (χ0) is 14.5. The molecule has 1 heterocycles. The minimum absolute atomic E-state index is 0.0117. The summed E-state index contributed by atoms with van der Waals surface area (Å²) < 4.78 is 28.0. The van der Waals surface area contributed by atoms with Crippen molar-refractivity contribution >= 4 is 21.9 Å². The molecule has 1 amide bonds. The highest BCUT2D eigenvalue weighted by Gasteiger charge is 2.42. The van der Waals surface area contributed by atoms with E-state index in [4.69, 9.17) is 9.84 Å². The van der Waals surface area contributed by atoms with E-state index in [-0.39, 0.29) is 18.1 Å². The van der Waals surface area contributed by atoms with Crippen LogP contribution in [0.2, 0.25) is 0 Å². The number of carbonyl (C=O) groups is 2. The van der Waals surface area contributed by atoms with Gasteiger partial charge in [0.2, 0.25) is 0 Å². The summed E-state index contributed by atoms with van der Waals surface area (Å²) in [7, 11) is -3.36. The van der Waals surface area contributed by atoms with Crippen molar-refractivity contribution < 1.29 is 27.9 Å². The van der Waals surface area contributed by atoms with Crippen LogP contribution in [0.3, 0.4) is 0 Å². The molecule has 108 valence electrons. The summed E-state index contributed by atoms with van der Waals surface area (Å²) in [4.78, 5) is 22.4. The third-order valence-electron chi connectivity index (χ3n) is 2.80. The Balaban J connectivity index is 2.84. The first kappa shape index (κ1) is 15.5. The highest BCUT2D eigenvalue weighted by molar-refractivity contribution is 7.91. The molecule has 19 heavy (non-hydrogen) atoms. The van der Waals surface area contributed by atoms with Crippen LogP contribution in [0, 0.1) is 0 Å². The number of carbonyl (C=O) groups excluding carboxylic acids is 1. The number of carboxylic acid groups (broad SMARTS) is 1. The van der Waals surface area contributed by atoms with Gasteiger partial charge in [-0.25, -0.2) is 13.2 Å². The first-order valence-corrected chi connectivity index (χ1v) is 7.59. The molecule has 2 N–H and O–H groups in total. The molecule has 1 atom stereocenters. The van der Waals surface area contributed by atoms with E-state index in [2.05, 4.69) is 11.9 Å². The van der Waals surface area contributed by atoms with E-state index in [1.807, 2.05) is 0 Å². The summed E-state index contributed by atoms with van der Waals surface area (Å²) in [5.41, 5.74) is -1.29. The Morgan fingerprint density at radius 1 is 1.47 bits per heavy atom. The fourth-order valence-electron chi connectivity index (χ4n) is 2.15. The van der Waals surface area contributed by atoms with Crippen LogP contribution in [0.1, 0.15) is 19.3 Å². The zero-order valence-corrected chi connectivity index (χ0v) is 11.2. The van der Waals surface area contributed by atoms with E-state index in [1.165, 1.54) is 6.08 Å². The quantitative estimate of drug-likeness (QED) is 0.706. The SMILES string of the molecule is C=CCOC(=O)NC1(CC(=O)O)CCCS(=O)(=O)C1. The molecule has 0 aromatic rings. The van der Waals surface area contributed by atoms with E-state index in [9.17, 15) is 18.0 Å². The van der Waals surface area contributed by atoms with Gasteiger partial charge in [-0.1, -0.05) is 12.7 Å². The van der Waals surface area contributed by atoms with Gasteiger partial charge in [0.05, 0.1) is 23.5 Å². The van der Waals surface area contributed by atoms with Crippen molar-refractivity contribution in [2.75, 3.05) is 18.1 Å². The van der Waals surface area contributed by atoms with Crippen LogP contribution < -0.4 is 5.32 Å². The molecule has 0 aromatic heterocycles. The van der Waals surface area contributed by atoms with Gasteiger partial charge >= 0.3 is 12.1 Å². The maximum atomic E-state index is 11.6. The summed E-state index contributed by atoms with van der Waals surface area (Å²) in [6.07, 6.45) is 0.688. The molecule has 1 aliphatic heterocycles. The maximum Gasteiger partial charge on any atom is 0.407 e. The van der Waals surface area contributed by atoms with E-state index in [1.54, 1.807) is 0 Å². The van der Waals surface area contributed by atoms with Gasteiger partial charge in [0.25, 0.3) is 0 Å². The third-order valence-corrected chi connectivity index (χ3v) is 4.70. The van der Waals surface area contributed by atoms with Crippen molar-refractivity contribution in [2.24, 2.45) is 0 Å². The summed E-state index contributed by atoms with van der Waals surface area (Å²) in [5, 5.41) is 11.3. The minimum Gasteiger partial charge on any atom is -0.481 e. The Labute approximate surface area is 111 Å². The molecular formula is C11H17NO6S. The molecule has 1 unspecified atom stereocenters. The van der Waals surface area contributed by atoms with Crippen LogP contribution >= 0.6 is 0 Å². The molecule has 0 aromatic carbocycles. The molecule has 0 radical (unpaired) electrons. The number of amides is 1. The lowest BCUT2D eigenvalue weighted by Gasteiger charge is -2.35.